The Balaban J connectivity index is -0.00000000485. The molecule has 0 aromatic carbocycles. The number of hydrogen-bond donors (Lipinski definition) is 2. The van der Waals surface area contributed by atoms with Gasteiger partial charge in [-0.25, -0.2) is 0 Å². The summed E-state index contributed by atoms with van der Waals surface area (Å²) in [5.74, 6) is 0. The van der Waals surface area contributed by atoms with Gasteiger partial charge in [0.05, 0.1) is 0 Å². The maximum Gasteiger partial charge on any atom is 1.00 e. The molecule has 0 spiro atoms. The average Bonchev–Trinajstić information content (AvgIpc) is 1.63. The van der Waals surface area contributed by atoms with Crippen LogP contribution < -0.4 is 308 Å². The quantitative estimate of drug-likeness (QED) is 0.270. The van der Waals surface area contributed by atoms with Gasteiger partial charge in [0.15, 0.2) is 0 Å². The third kappa shape index (κ3) is 45.3. The second-order valence-electron chi connectivity index (χ2n) is 0.852. The molecule has 0 amide bonds. The van der Waals surface area contributed by atoms with E-state index in [9.17, 15) is 9.13 Å². The van der Waals surface area contributed by atoms with Crippen LogP contribution in [0.25, 0.3) is 0 Å². The fourth-order valence-electron chi connectivity index (χ4n) is 0.114. The maximum absolute atomic E-state index is 9.65. The second kappa shape index (κ2) is 35.1. The summed E-state index contributed by atoms with van der Waals surface area (Å²) >= 11 is 0. The van der Waals surface area contributed by atoms with Crippen LogP contribution in [-0.2, 0) is 18.2 Å². The van der Waals surface area contributed by atoms with Gasteiger partial charge in [-0.1, -0.05) is 9.05 Å². The van der Waals surface area contributed by atoms with Crippen LogP contribution in [0.1, 0.15) is 8.56 Å². The molecular weight excluding hydrogens is 405 g/mol. The van der Waals surface area contributed by atoms with Gasteiger partial charge in [0.1, 0.15) is 0 Å². The molecule has 0 aliphatic rings. The van der Waals surface area contributed by atoms with Crippen molar-refractivity contribution in [2.75, 3.05) is 6.79 Å². The molecule has 2 atom stereocenters. The van der Waals surface area contributed by atoms with E-state index in [1.165, 1.54) is 0 Å². The van der Waals surface area contributed by atoms with E-state index >= 15 is 0 Å². The molecule has 0 fully saturated rings. The fraction of sp³-hybridized carbons (Fsp3) is 1.00. The first kappa shape index (κ1) is 44.4. The van der Waals surface area contributed by atoms with E-state index in [4.69, 9.17) is 9.79 Å². The van der Waals surface area contributed by atoms with Gasteiger partial charge in [-0.05, 0) is 0 Å². The monoisotopic (exact) mass is 414 g/mol. The summed E-state index contributed by atoms with van der Waals surface area (Å²) in [5.41, 5.74) is 0. The summed E-state index contributed by atoms with van der Waals surface area (Å²) < 4.78 is 27.0. The van der Waals surface area contributed by atoms with Crippen molar-refractivity contribution in [2.45, 2.75) is 0 Å². The molecule has 0 bridgehead atoms. The molecule has 15 heavy (non-hydrogen) atoms. The molecule has 6 nitrogen and oxygen atoms in total. The van der Waals surface area contributed by atoms with Crippen molar-refractivity contribution in [1.82, 2.24) is 0 Å². The summed E-state index contributed by atoms with van der Waals surface area (Å²) in [7, 11) is -5.49. The zero-order valence-electron chi connectivity index (χ0n) is 16.1. The molecule has 14 heteroatoms. The zero-order valence-corrected chi connectivity index (χ0v) is 30.7. The fourth-order valence-corrected chi connectivity index (χ4v) is 0.483. The zero-order chi connectivity index (χ0) is 7.28. The molecule has 0 heterocycles. The summed E-state index contributed by atoms with van der Waals surface area (Å²) in [6, 6.07) is 0. The van der Waals surface area contributed by atoms with E-state index in [1.807, 2.05) is 0 Å². The van der Waals surface area contributed by atoms with Gasteiger partial charge in [0.2, 0.25) is 0 Å². The van der Waals surface area contributed by atoms with Gasteiger partial charge < -0.3 is 8.56 Å². The van der Waals surface area contributed by atoms with E-state index in [0.29, 0.717) is 0 Å². The van der Waals surface area contributed by atoms with E-state index < -0.39 is 23.3 Å². The van der Waals surface area contributed by atoms with E-state index in [2.05, 4.69) is 9.05 Å². The molecule has 2 N–H and O–H groups in total. The van der Waals surface area contributed by atoms with Crippen molar-refractivity contribution in [3.05, 3.63) is 0 Å². The molecule has 0 rings (SSSR count). The van der Waals surface area contributed by atoms with Crippen molar-refractivity contribution < 1.29 is 345 Å². The smallest absolute Gasteiger partial charge is 1.00 e. The number of rotatable bonds is 4. The molecular formula is CH10K6O6P2+2. The van der Waals surface area contributed by atoms with Crippen molar-refractivity contribution in [1.29, 1.82) is 0 Å². The Bertz CT molecular complexity index is 139. The Morgan fingerprint density at radius 2 is 1.00 bits per heavy atom. The molecule has 64 valence electrons. The largest absolute Gasteiger partial charge is 1.00 e. The molecule has 0 aromatic heterocycles. The first-order valence-corrected chi connectivity index (χ1v) is 3.97. The molecule has 0 aliphatic heterocycles. The summed E-state index contributed by atoms with van der Waals surface area (Å²) in [6.45, 7) is -0.655. The molecule has 0 radical (unpaired) electrons. The van der Waals surface area contributed by atoms with Crippen molar-refractivity contribution >= 4 is 16.5 Å². The van der Waals surface area contributed by atoms with Crippen LogP contribution in [0.15, 0.2) is 0 Å². The Morgan fingerprint density at radius 3 is 1.13 bits per heavy atom. The van der Waals surface area contributed by atoms with Crippen LogP contribution >= 0.6 is 16.5 Å². The van der Waals surface area contributed by atoms with Crippen molar-refractivity contribution in [3.63, 3.8) is 0 Å². The van der Waals surface area contributed by atoms with E-state index in [-0.39, 0.29) is 317 Å². The van der Waals surface area contributed by atoms with Crippen LogP contribution in [0, 0.1) is 0 Å². The SMILES string of the molecule is O=[P+](O)OCO[P+](=O)O.[H-].[H-].[H-].[H-].[H-].[H-].[K+].[K+].[K+].[K+].[K+].[K+]. The minimum absolute atomic E-state index is 0. The third-order valence-electron chi connectivity index (χ3n) is 0.326. The van der Waals surface area contributed by atoms with Crippen LogP contribution in [-0.4, -0.2) is 16.6 Å². The maximum atomic E-state index is 9.65. The van der Waals surface area contributed by atoms with Gasteiger partial charge in [-0.15, -0.1) is 9.79 Å². The molecule has 0 aliphatic carbocycles. The molecule has 0 saturated carbocycles. The first-order chi connectivity index (χ1) is 4.13. The molecule has 0 aromatic rings. The van der Waals surface area contributed by atoms with Crippen molar-refractivity contribution in [2.24, 2.45) is 0 Å². The number of hydrogen-bond acceptors (Lipinski definition) is 4. The summed E-state index contributed by atoms with van der Waals surface area (Å²) in [6.07, 6.45) is 0. The molecule has 2 unspecified atom stereocenters. The van der Waals surface area contributed by atoms with Crippen LogP contribution in [0.3, 0.4) is 0 Å². The van der Waals surface area contributed by atoms with Crippen LogP contribution in [0.4, 0.5) is 0 Å². The first-order valence-electron chi connectivity index (χ1n) is 1.71. The Labute approximate surface area is 355 Å². The Kier molecular flexibility index (Phi) is 104. The Hall–Kier alpha value is 9.86. The topological polar surface area (TPSA) is 93.1 Å². The minimum Gasteiger partial charge on any atom is -1.00 e. The van der Waals surface area contributed by atoms with Gasteiger partial charge in [0.25, 0.3) is 6.79 Å². The van der Waals surface area contributed by atoms with Gasteiger partial charge in [-0.2, -0.15) is 0 Å². The van der Waals surface area contributed by atoms with Crippen LogP contribution in [0.5, 0.6) is 0 Å². The summed E-state index contributed by atoms with van der Waals surface area (Å²) in [4.78, 5) is 15.8. The predicted octanol–water partition coefficient (Wildman–Crippen LogP) is -17.0. The van der Waals surface area contributed by atoms with Crippen molar-refractivity contribution in [3.8, 4) is 0 Å². The van der Waals surface area contributed by atoms with Gasteiger partial charge >= 0.3 is 325 Å². The van der Waals surface area contributed by atoms with Gasteiger partial charge in [0, 0.05) is 9.13 Å². The van der Waals surface area contributed by atoms with Gasteiger partial charge in [-0.3, -0.25) is 0 Å². The normalized spacial score (nSPS) is 7.87. The minimum atomic E-state index is -2.75. The average molecular weight is 415 g/mol. The summed E-state index contributed by atoms with van der Waals surface area (Å²) in [5, 5.41) is 0. The predicted molar refractivity (Wildman–Crippen MR) is 33.4 cm³/mol. The third-order valence-corrected chi connectivity index (χ3v) is 0.979. The standard InChI is InChI=1S/CH2O6P2.6K.6H/c2-8(3)6-1-7-9(4)5;;;;;;;;;;;;/h1H2;;;;;;;;;;;;/q;6*+1;6*-1/p+2. The van der Waals surface area contributed by atoms with Crippen LogP contribution in [0.2, 0.25) is 0 Å². The molecule has 0 saturated heterocycles. The van der Waals surface area contributed by atoms with E-state index in [0.717, 1.165) is 0 Å². The Morgan fingerprint density at radius 1 is 0.800 bits per heavy atom. The second-order valence-corrected chi connectivity index (χ2v) is 2.32. The van der Waals surface area contributed by atoms with E-state index in [1.54, 1.807) is 0 Å².